The maximum atomic E-state index is 8.63. The Balaban J connectivity index is 2.11. The van der Waals surface area contributed by atoms with Gasteiger partial charge in [0.05, 0.1) is 12.7 Å². The van der Waals surface area contributed by atoms with Crippen molar-refractivity contribution in [2.45, 2.75) is 24.9 Å². The van der Waals surface area contributed by atoms with Gasteiger partial charge in [0.2, 0.25) is 0 Å². The van der Waals surface area contributed by atoms with Crippen LogP contribution in [-0.2, 0) is 14.2 Å². The fourth-order valence-electron chi connectivity index (χ4n) is 1.03. The van der Waals surface area contributed by atoms with Crippen molar-refractivity contribution in [3.63, 3.8) is 0 Å². The van der Waals surface area contributed by atoms with Gasteiger partial charge in [0.25, 0.3) is 0 Å². The van der Waals surface area contributed by atoms with Crippen molar-refractivity contribution < 1.29 is 19.3 Å². The zero-order valence-electron chi connectivity index (χ0n) is 6.82. The molecule has 1 aliphatic rings. The highest BCUT2D eigenvalue weighted by atomic mass is 16.7. The van der Waals surface area contributed by atoms with E-state index in [1.807, 2.05) is 0 Å². The fourth-order valence-corrected chi connectivity index (χ4v) is 1.03. The minimum atomic E-state index is -0.212. The summed E-state index contributed by atoms with van der Waals surface area (Å²) in [4.78, 5) is 0. The summed E-state index contributed by atoms with van der Waals surface area (Å²) in [6.45, 7) is 0.0881. The van der Waals surface area contributed by atoms with Gasteiger partial charge in [-0.15, -0.1) is 0 Å². The van der Waals surface area contributed by atoms with Crippen LogP contribution in [0.5, 0.6) is 0 Å². The number of aliphatic hydroxyl groups excluding tert-OH is 1. The van der Waals surface area contributed by atoms with Gasteiger partial charge in [0, 0.05) is 20.6 Å². The molecule has 0 radical (unpaired) electrons. The van der Waals surface area contributed by atoms with E-state index in [1.165, 1.54) is 0 Å². The Hall–Kier alpha value is -0.160. The molecule has 4 heteroatoms. The quantitative estimate of drug-likeness (QED) is 0.447. The smallest absolute Gasteiger partial charge is 0.159 e. The van der Waals surface area contributed by atoms with Crippen molar-refractivity contribution in [2.75, 3.05) is 20.8 Å². The lowest BCUT2D eigenvalue weighted by Gasteiger charge is -2.10. The molecule has 0 aromatic carbocycles. The SMILES string of the molecule is COC(CC1OC1CO)OC. The van der Waals surface area contributed by atoms with E-state index in [0.29, 0.717) is 6.42 Å². The first-order valence-corrected chi connectivity index (χ1v) is 3.63. The van der Waals surface area contributed by atoms with Crippen LogP contribution in [0.4, 0.5) is 0 Å². The van der Waals surface area contributed by atoms with E-state index < -0.39 is 0 Å². The zero-order valence-corrected chi connectivity index (χ0v) is 6.82. The van der Waals surface area contributed by atoms with Crippen LogP contribution in [0.25, 0.3) is 0 Å². The summed E-state index contributed by atoms with van der Waals surface area (Å²) in [7, 11) is 3.18. The standard InChI is InChI=1S/C7H14O4/c1-9-7(10-2)3-5-6(4-8)11-5/h5-8H,3-4H2,1-2H3. The van der Waals surface area contributed by atoms with Crippen molar-refractivity contribution in [1.29, 1.82) is 0 Å². The second-order valence-electron chi connectivity index (χ2n) is 2.53. The highest BCUT2D eigenvalue weighted by Gasteiger charge is 2.39. The van der Waals surface area contributed by atoms with Gasteiger partial charge in [-0.05, 0) is 0 Å². The molecule has 0 amide bonds. The molecule has 1 rings (SSSR count). The van der Waals surface area contributed by atoms with E-state index in [1.54, 1.807) is 14.2 Å². The third kappa shape index (κ3) is 2.41. The molecule has 1 heterocycles. The van der Waals surface area contributed by atoms with Gasteiger partial charge in [0.1, 0.15) is 6.10 Å². The molecule has 1 aliphatic heterocycles. The lowest BCUT2D eigenvalue weighted by atomic mass is 10.2. The van der Waals surface area contributed by atoms with Crippen molar-refractivity contribution in [1.82, 2.24) is 0 Å². The Kier molecular flexibility index (Phi) is 3.26. The van der Waals surface area contributed by atoms with Crippen molar-refractivity contribution in [3.8, 4) is 0 Å². The molecule has 0 aromatic heterocycles. The van der Waals surface area contributed by atoms with Gasteiger partial charge in [-0.1, -0.05) is 0 Å². The summed E-state index contributed by atoms with van der Waals surface area (Å²) in [5, 5.41) is 8.63. The molecule has 0 aromatic rings. The molecule has 0 spiro atoms. The molecular weight excluding hydrogens is 148 g/mol. The van der Waals surface area contributed by atoms with E-state index in [9.17, 15) is 0 Å². The van der Waals surface area contributed by atoms with Gasteiger partial charge < -0.3 is 19.3 Å². The molecule has 2 atom stereocenters. The minimum Gasteiger partial charge on any atom is -0.394 e. The molecule has 2 unspecified atom stereocenters. The largest absolute Gasteiger partial charge is 0.394 e. The Labute approximate surface area is 66.1 Å². The second-order valence-corrected chi connectivity index (χ2v) is 2.53. The predicted molar refractivity (Wildman–Crippen MR) is 38.2 cm³/mol. The molecule has 66 valence electrons. The molecule has 4 nitrogen and oxygen atoms in total. The van der Waals surface area contributed by atoms with E-state index >= 15 is 0 Å². The van der Waals surface area contributed by atoms with Crippen LogP contribution >= 0.6 is 0 Å². The van der Waals surface area contributed by atoms with Gasteiger partial charge >= 0.3 is 0 Å². The Morgan fingerprint density at radius 2 is 2.00 bits per heavy atom. The van der Waals surface area contributed by atoms with Crippen LogP contribution in [0.2, 0.25) is 0 Å². The van der Waals surface area contributed by atoms with E-state index in [4.69, 9.17) is 19.3 Å². The molecule has 1 saturated heterocycles. The predicted octanol–water partition coefficient (Wildman–Crippen LogP) is -0.245. The Morgan fingerprint density at radius 3 is 2.36 bits per heavy atom. The molecule has 0 saturated carbocycles. The summed E-state index contributed by atoms with van der Waals surface area (Å²) in [6.07, 6.45) is 0.599. The van der Waals surface area contributed by atoms with Crippen molar-refractivity contribution in [2.24, 2.45) is 0 Å². The average Bonchev–Trinajstić information content (AvgIpc) is 2.78. The van der Waals surface area contributed by atoms with E-state index in [0.717, 1.165) is 0 Å². The van der Waals surface area contributed by atoms with Crippen LogP contribution < -0.4 is 0 Å². The summed E-state index contributed by atoms with van der Waals surface area (Å²) in [5.74, 6) is 0. The van der Waals surface area contributed by atoms with Gasteiger partial charge in [-0.3, -0.25) is 0 Å². The highest BCUT2D eigenvalue weighted by Crippen LogP contribution is 2.26. The maximum Gasteiger partial charge on any atom is 0.159 e. The Morgan fingerprint density at radius 1 is 1.36 bits per heavy atom. The van der Waals surface area contributed by atoms with Crippen LogP contribution in [-0.4, -0.2) is 44.4 Å². The molecule has 0 bridgehead atoms. The van der Waals surface area contributed by atoms with E-state index in [-0.39, 0.29) is 25.1 Å². The fraction of sp³-hybridized carbons (Fsp3) is 1.00. The first-order valence-electron chi connectivity index (χ1n) is 3.63. The number of rotatable bonds is 5. The Bertz CT molecular complexity index is 113. The van der Waals surface area contributed by atoms with E-state index in [2.05, 4.69) is 0 Å². The van der Waals surface area contributed by atoms with Gasteiger partial charge in [-0.2, -0.15) is 0 Å². The van der Waals surface area contributed by atoms with Gasteiger partial charge in [-0.25, -0.2) is 0 Å². The number of hydrogen-bond donors (Lipinski definition) is 1. The maximum absolute atomic E-state index is 8.63. The minimum absolute atomic E-state index is 0.00259. The molecule has 11 heavy (non-hydrogen) atoms. The summed E-state index contributed by atoms with van der Waals surface area (Å²) < 4.78 is 15.0. The normalized spacial score (nSPS) is 29.5. The lowest BCUT2D eigenvalue weighted by Crippen LogP contribution is -2.16. The number of methoxy groups -OCH3 is 2. The van der Waals surface area contributed by atoms with Crippen molar-refractivity contribution >= 4 is 0 Å². The molecular formula is C7H14O4. The van der Waals surface area contributed by atoms with Crippen LogP contribution in [0.3, 0.4) is 0 Å². The number of hydrogen-bond acceptors (Lipinski definition) is 4. The topological polar surface area (TPSA) is 51.2 Å². The lowest BCUT2D eigenvalue weighted by molar-refractivity contribution is -0.109. The highest BCUT2D eigenvalue weighted by molar-refractivity contribution is 4.84. The molecule has 0 aliphatic carbocycles. The monoisotopic (exact) mass is 162 g/mol. The number of epoxide rings is 1. The zero-order chi connectivity index (χ0) is 8.27. The van der Waals surface area contributed by atoms with Gasteiger partial charge in [0.15, 0.2) is 6.29 Å². The first-order chi connectivity index (χ1) is 5.31. The molecule has 1 fully saturated rings. The summed E-state index contributed by atoms with van der Waals surface area (Å²) >= 11 is 0. The van der Waals surface area contributed by atoms with Crippen LogP contribution in [0.15, 0.2) is 0 Å². The third-order valence-corrected chi connectivity index (χ3v) is 1.82. The first kappa shape index (κ1) is 8.93. The summed E-state index contributed by atoms with van der Waals surface area (Å²) in [5.41, 5.74) is 0. The van der Waals surface area contributed by atoms with Crippen LogP contribution in [0.1, 0.15) is 6.42 Å². The third-order valence-electron chi connectivity index (χ3n) is 1.82. The number of aliphatic hydroxyl groups is 1. The average molecular weight is 162 g/mol. The van der Waals surface area contributed by atoms with Crippen molar-refractivity contribution in [3.05, 3.63) is 0 Å². The number of ether oxygens (including phenoxy) is 3. The molecule has 1 N–H and O–H groups in total. The van der Waals surface area contributed by atoms with Crippen LogP contribution in [0, 0.1) is 0 Å². The summed E-state index contributed by atoms with van der Waals surface area (Å²) in [6, 6.07) is 0. The second kappa shape index (κ2) is 4.01.